The highest BCUT2D eigenvalue weighted by molar-refractivity contribution is 6.74. The fraction of sp³-hybridized carbons (Fsp3) is 0.864. The molecule has 2 rings (SSSR count). The Kier molecular flexibility index (Phi) is 6.70. The summed E-state index contributed by atoms with van der Waals surface area (Å²) in [7, 11) is -4.39. The highest BCUT2D eigenvalue weighted by Gasteiger charge is 2.56. The van der Waals surface area contributed by atoms with Crippen molar-refractivity contribution in [2.45, 2.75) is 122 Å². The number of ether oxygens (including phenoxy) is 2. The van der Waals surface area contributed by atoms with Crippen LogP contribution in [0.15, 0.2) is 11.6 Å². The predicted molar refractivity (Wildman–Crippen MR) is 124 cm³/mol. The average molecular weight is 459 g/mol. The Bertz CT molecular complexity index is 699. The second-order valence-corrected chi connectivity index (χ2v) is 21.6. The molecule has 0 amide bonds. The first-order chi connectivity index (χ1) is 13.2. The lowest BCUT2D eigenvalue weighted by atomic mass is 9.89. The van der Waals surface area contributed by atoms with Gasteiger partial charge in [-0.25, -0.2) is 4.79 Å². The van der Waals surface area contributed by atoms with Crippen LogP contribution in [0.4, 0.5) is 0 Å². The maximum atomic E-state index is 12.1. The monoisotopic (exact) mass is 458 g/mol. The molecular weight excluding hydrogens is 416 g/mol. The normalized spacial score (nSPS) is 30.1. The molecule has 0 spiro atoms. The van der Waals surface area contributed by atoms with E-state index in [1.54, 1.807) is 6.08 Å². The van der Waals surface area contributed by atoms with Crippen LogP contribution in [0.25, 0.3) is 0 Å². The van der Waals surface area contributed by atoms with Gasteiger partial charge in [-0.1, -0.05) is 41.5 Å². The second-order valence-electron chi connectivity index (χ2n) is 12.1. The SMILES string of the molecule is CC1(C)O[C@H]2[C@H](O[Si](C)(C)C(C)(C)C)[C@@H](O[Si](C)(C)C(C)(C)C)C=C(C(=O)O)[C@H]2O1. The van der Waals surface area contributed by atoms with Crippen LogP contribution in [0.2, 0.25) is 36.3 Å². The molecule has 1 aliphatic heterocycles. The summed E-state index contributed by atoms with van der Waals surface area (Å²) >= 11 is 0. The second kappa shape index (κ2) is 7.81. The number of rotatable bonds is 5. The molecule has 0 radical (unpaired) electrons. The third-order valence-electron chi connectivity index (χ3n) is 7.15. The van der Waals surface area contributed by atoms with E-state index in [1.807, 2.05) is 13.8 Å². The minimum absolute atomic E-state index is 0.00418. The predicted octanol–water partition coefficient (Wildman–Crippen LogP) is 5.31. The molecule has 0 aromatic carbocycles. The molecule has 0 aromatic heterocycles. The van der Waals surface area contributed by atoms with Gasteiger partial charge in [0.2, 0.25) is 0 Å². The van der Waals surface area contributed by atoms with Gasteiger partial charge in [-0.05, 0) is 56.2 Å². The molecule has 0 unspecified atom stereocenters. The van der Waals surface area contributed by atoms with Gasteiger partial charge < -0.3 is 23.4 Å². The summed E-state index contributed by atoms with van der Waals surface area (Å²) in [4.78, 5) is 12.1. The van der Waals surface area contributed by atoms with Gasteiger partial charge in [-0.15, -0.1) is 0 Å². The lowest BCUT2D eigenvalue weighted by Crippen LogP contribution is -2.59. The van der Waals surface area contributed by atoms with Crippen molar-refractivity contribution < 1.29 is 28.2 Å². The van der Waals surface area contributed by atoms with Crippen LogP contribution >= 0.6 is 0 Å². The fourth-order valence-corrected chi connectivity index (χ4v) is 5.82. The summed E-state index contributed by atoms with van der Waals surface area (Å²) in [6.45, 7) is 25.5. The Morgan fingerprint density at radius 1 is 0.967 bits per heavy atom. The van der Waals surface area contributed by atoms with Gasteiger partial charge >= 0.3 is 5.97 Å². The summed E-state index contributed by atoms with van der Waals surface area (Å²) in [5, 5.41) is 9.88. The molecule has 1 saturated heterocycles. The van der Waals surface area contributed by atoms with E-state index in [9.17, 15) is 9.90 Å². The number of hydrogen-bond acceptors (Lipinski definition) is 5. The Morgan fingerprint density at radius 2 is 1.43 bits per heavy atom. The molecule has 8 heteroatoms. The van der Waals surface area contributed by atoms with Crippen LogP contribution < -0.4 is 0 Å². The fourth-order valence-electron chi connectivity index (χ4n) is 3.29. The van der Waals surface area contributed by atoms with E-state index in [0.717, 1.165) is 0 Å². The van der Waals surface area contributed by atoms with Crippen LogP contribution in [0, 0.1) is 0 Å². The summed E-state index contributed by atoms with van der Waals surface area (Å²) in [5.41, 5.74) is 0.198. The van der Waals surface area contributed by atoms with Crippen LogP contribution in [0.1, 0.15) is 55.4 Å². The van der Waals surface area contributed by atoms with Crippen molar-refractivity contribution in [3.8, 4) is 0 Å². The van der Waals surface area contributed by atoms with Gasteiger partial charge in [-0.3, -0.25) is 0 Å². The molecular formula is C22H42O6Si2. The minimum Gasteiger partial charge on any atom is -0.478 e. The van der Waals surface area contributed by atoms with Crippen molar-refractivity contribution in [3.05, 3.63) is 11.6 Å². The molecule has 4 atom stereocenters. The Morgan fingerprint density at radius 3 is 1.87 bits per heavy atom. The van der Waals surface area contributed by atoms with E-state index in [4.69, 9.17) is 18.3 Å². The summed E-state index contributed by atoms with van der Waals surface area (Å²) in [6, 6.07) is 0. The van der Waals surface area contributed by atoms with E-state index in [1.165, 1.54) is 0 Å². The van der Waals surface area contributed by atoms with E-state index < -0.39 is 52.8 Å². The topological polar surface area (TPSA) is 74.2 Å². The number of hydrogen-bond donors (Lipinski definition) is 1. The molecule has 1 fully saturated rings. The number of carboxylic acid groups (broad SMARTS) is 1. The molecule has 174 valence electrons. The maximum Gasteiger partial charge on any atom is 0.334 e. The zero-order valence-electron chi connectivity index (χ0n) is 20.9. The number of fused-ring (bicyclic) bond motifs is 1. The van der Waals surface area contributed by atoms with Gasteiger partial charge in [0.25, 0.3) is 0 Å². The highest BCUT2D eigenvalue weighted by atomic mass is 28.4. The Balaban J connectivity index is 2.55. The molecule has 30 heavy (non-hydrogen) atoms. The highest BCUT2D eigenvalue weighted by Crippen LogP contribution is 2.46. The Labute approximate surface area is 184 Å². The van der Waals surface area contributed by atoms with Crippen molar-refractivity contribution >= 4 is 22.6 Å². The van der Waals surface area contributed by atoms with Crippen molar-refractivity contribution in [1.29, 1.82) is 0 Å². The Hall–Kier alpha value is -0.516. The standard InChI is InChI=1S/C22H42O6Si2/c1-20(2,3)29(9,10)27-15-13-14(19(23)24)16-18(26-22(7,8)25-16)17(15)28-30(11,12)21(4,5)6/h13,15-18H,1-12H3,(H,23,24)/t15-,16+,17+,18+/m0/s1. The van der Waals surface area contributed by atoms with E-state index in [2.05, 4.69) is 67.7 Å². The molecule has 6 nitrogen and oxygen atoms in total. The minimum atomic E-state index is -2.20. The molecule has 0 bridgehead atoms. The van der Waals surface area contributed by atoms with Crippen LogP contribution in [0.3, 0.4) is 0 Å². The van der Waals surface area contributed by atoms with Crippen molar-refractivity contribution in [2.75, 3.05) is 0 Å². The van der Waals surface area contributed by atoms with Gasteiger partial charge in [0.05, 0.1) is 11.7 Å². The molecule has 1 N–H and O–H groups in total. The van der Waals surface area contributed by atoms with Gasteiger partial charge in [0.15, 0.2) is 22.4 Å². The lowest BCUT2D eigenvalue weighted by molar-refractivity contribution is -0.156. The average Bonchev–Trinajstić information content (AvgIpc) is 2.81. The third kappa shape index (κ3) is 5.10. The zero-order valence-corrected chi connectivity index (χ0v) is 22.9. The van der Waals surface area contributed by atoms with Gasteiger partial charge in [-0.2, -0.15) is 0 Å². The molecule has 1 heterocycles. The third-order valence-corrected chi connectivity index (χ3v) is 16.1. The van der Waals surface area contributed by atoms with Gasteiger partial charge in [0, 0.05) is 0 Å². The maximum absolute atomic E-state index is 12.1. The summed E-state index contributed by atoms with van der Waals surface area (Å²) in [6.07, 6.45) is -0.404. The van der Waals surface area contributed by atoms with Crippen LogP contribution in [0.5, 0.6) is 0 Å². The smallest absolute Gasteiger partial charge is 0.334 e. The molecule has 0 aromatic rings. The molecule has 2 aliphatic rings. The van der Waals surface area contributed by atoms with Crippen molar-refractivity contribution in [1.82, 2.24) is 0 Å². The number of carbonyl (C=O) groups is 1. The van der Waals surface area contributed by atoms with E-state index >= 15 is 0 Å². The largest absolute Gasteiger partial charge is 0.478 e. The molecule has 1 aliphatic carbocycles. The van der Waals surface area contributed by atoms with Crippen LogP contribution in [-0.2, 0) is 23.1 Å². The van der Waals surface area contributed by atoms with Crippen molar-refractivity contribution in [3.63, 3.8) is 0 Å². The number of aliphatic carboxylic acids is 1. The van der Waals surface area contributed by atoms with Gasteiger partial charge in [0.1, 0.15) is 18.3 Å². The first-order valence-electron chi connectivity index (χ1n) is 10.8. The first kappa shape index (κ1) is 25.7. The number of carboxylic acids is 1. The summed E-state index contributed by atoms with van der Waals surface area (Å²) in [5.74, 6) is -1.88. The van der Waals surface area contributed by atoms with Crippen LogP contribution in [-0.4, -0.2) is 57.9 Å². The van der Waals surface area contributed by atoms with Crippen molar-refractivity contribution in [2.24, 2.45) is 0 Å². The first-order valence-corrected chi connectivity index (χ1v) is 16.7. The quantitative estimate of drug-likeness (QED) is 0.563. The van der Waals surface area contributed by atoms with E-state index in [-0.39, 0.29) is 15.6 Å². The summed E-state index contributed by atoms with van der Waals surface area (Å²) < 4.78 is 25.8. The zero-order chi connectivity index (χ0) is 23.5. The molecule has 0 saturated carbocycles. The van der Waals surface area contributed by atoms with E-state index in [0.29, 0.717) is 0 Å². The lowest BCUT2D eigenvalue weighted by Gasteiger charge is -2.47.